The van der Waals surface area contributed by atoms with E-state index in [0.717, 1.165) is 0 Å². The van der Waals surface area contributed by atoms with E-state index in [1.165, 1.54) is 18.9 Å². The highest BCUT2D eigenvalue weighted by atomic mass is 32.2. The molecule has 11 nitrogen and oxygen atoms in total. The Labute approximate surface area is 177 Å². The maximum absolute atomic E-state index is 12.3. The molecule has 2 heterocycles. The summed E-state index contributed by atoms with van der Waals surface area (Å²) in [5, 5.41) is 17.7. The summed E-state index contributed by atoms with van der Waals surface area (Å²) in [5.74, 6) is 0.844. The fourth-order valence-electron chi connectivity index (χ4n) is 2.53. The number of esters is 1. The quantitative estimate of drug-likeness (QED) is 0.341. The van der Waals surface area contributed by atoms with Gasteiger partial charge in [0.15, 0.2) is 5.16 Å². The highest BCUT2D eigenvalue weighted by molar-refractivity contribution is 7.99. The predicted octanol–water partition coefficient (Wildman–Crippen LogP) is 1.90. The number of methoxy groups -OCH3 is 1. The van der Waals surface area contributed by atoms with Gasteiger partial charge in [0, 0.05) is 18.8 Å². The zero-order valence-corrected chi connectivity index (χ0v) is 17.6. The molecule has 3 rings (SSSR count). The molecule has 3 N–H and O–H groups in total. The molecular formula is C18H22N8O3S. The van der Waals surface area contributed by atoms with Crippen LogP contribution in [0.4, 0.5) is 17.6 Å². The van der Waals surface area contributed by atoms with Gasteiger partial charge in [-0.3, -0.25) is 4.79 Å². The van der Waals surface area contributed by atoms with Gasteiger partial charge in [-0.25, -0.2) is 9.20 Å². The Morgan fingerprint density at radius 2 is 1.80 bits per heavy atom. The Hall–Kier alpha value is -3.41. The lowest BCUT2D eigenvalue weighted by Gasteiger charge is -2.09. The van der Waals surface area contributed by atoms with E-state index < -0.39 is 5.97 Å². The second-order valence-electron chi connectivity index (χ2n) is 5.96. The molecule has 0 aliphatic carbocycles. The Kier molecular flexibility index (Phi) is 7.01. The third-order valence-corrected chi connectivity index (χ3v) is 4.77. The highest BCUT2D eigenvalue weighted by Crippen LogP contribution is 2.21. The number of thioether (sulfide) groups is 1. The molecule has 0 saturated heterocycles. The summed E-state index contributed by atoms with van der Waals surface area (Å²) < 4.78 is 6.33. The van der Waals surface area contributed by atoms with Crippen LogP contribution in [0.25, 0.3) is 5.78 Å². The van der Waals surface area contributed by atoms with Crippen LogP contribution in [0.15, 0.2) is 29.4 Å². The van der Waals surface area contributed by atoms with Crippen LogP contribution >= 0.6 is 11.8 Å². The molecule has 0 atom stereocenters. The molecule has 0 radical (unpaired) electrons. The summed E-state index contributed by atoms with van der Waals surface area (Å²) in [5.41, 5.74) is 0.985. The van der Waals surface area contributed by atoms with Gasteiger partial charge in [-0.15, -0.1) is 10.2 Å². The number of nitrogens with one attached hydrogen (secondary N) is 3. The zero-order valence-electron chi connectivity index (χ0n) is 16.8. The lowest BCUT2D eigenvalue weighted by atomic mass is 10.2. The first-order chi connectivity index (χ1) is 14.5. The summed E-state index contributed by atoms with van der Waals surface area (Å²) in [7, 11) is 1.32. The smallest absolute Gasteiger partial charge is 0.337 e. The van der Waals surface area contributed by atoms with Crippen molar-refractivity contribution in [3.63, 3.8) is 0 Å². The van der Waals surface area contributed by atoms with Gasteiger partial charge in [0.2, 0.25) is 17.8 Å². The third-order valence-electron chi connectivity index (χ3n) is 3.84. The number of rotatable bonds is 9. The molecule has 0 unspecified atom stereocenters. The molecule has 0 saturated carbocycles. The van der Waals surface area contributed by atoms with Crippen molar-refractivity contribution in [3.05, 3.63) is 29.8 Å². The van der Waals surface area contributed by atoms with E-state index >= 15 is 0 Å². The highest BCUT2D eigenvalue weighted by Gasteiger charge is 2.16. The second kappa shape index (κ2) is 9.87. The molecule has 3 aromatic rings. The summed E-state index contributed by atoms with van der Waals surface area (Å²) in [4.78, 5) is 32.6. The van der Waals surface area contributed by atoms with Gasteiger partial charge >= 0.3 is 5.97 Å². The lowest BCUT2D eigenvalue weighted by Crippen LogP contribution is -2.15. The van der Waals surface area contributed by atoms with Crippen LogP contribution in [0.1, 0.15) is 24.2 Å². The van der Waals surface area contributed by atoms with Gasteiger partial charge in [-0.05, 0) is 38.1 Å². The average molecular weight is 430 g/mol. The van der Waals surface area contributed by atoms with Crippen LogP contribution in [0.5, 0.6) is 0 Å². The minimum Gasteiger partial charge on any atom is -0.465 e. The largest absolute Gasteiger partial charge is 0.465 e. The number of ether oxygens (including phenoxy) is 1. The van der Waals surface area contributed by atoms with Crippen molar-refractivity contribution in [1.29, 1.82) is 0 Å². The topological polar surface area (TPSA) is 135 Å². The van der Waals surface area contributed by atoms with Crippen molar-refractivity contribution < 1.29 is 14.3 Å². The number of carbonyl (C=O) groups is 2. The van der Waals surface area contributed by atoms with Crippen molar-refractivity contribution in [2.75, 3.05) is 41.9 Å². The standard InChI is InChI=1S/C18H22N8O3S/c1-4-19-15-22-16(20-5-2)26-17(23-15)24-25-18(26)30-10-13(27)21-12-8-6-11(7-9-12)14(28)29-3/h6-9H,4-5,10H2,1-3H3,(H,21,27)(H2,19,20,22,23,24). The van der Waals surface area contributed by atoms with E-state index in [0.29, 0.717) is 47.2 Å². The van der Waals surface area contributed by atoms with E-state index in [-0.39, 0.29) is 11.7 Å². The van der Waals surface area contributed by atoms with Crippen LogP contribution in [0.2, 0.25) is 0 Å². The summed E-state index contributed by atoms with van der Waals surface area (Å²) in [6, 6.07) is 6.45. The molecule has 12 heteroatoms. The number of fused-ring (bicyclic) bond motifs is 1. The number of benzene rings is 1. The number of hydrogen-bond acceptors (Lipinski definition) is 10. The summed E-state index contributed by atoms with van der Waals surface area (Å²) in [6.45, 7) is 5.24. The van der Waals surface area contributed by atoms with Crippen molar-refractivity contribution in [1.82, 2.24) is 24.6 Å². The normalized spacial score (nSPS) is 10.6. The van der Waals surface area contributed by atoms with Crippen LogP contribution in [-0.4, -0.2) is 62.4 Å². The molecule has 158 valence electrons. The maximum Gasteiger partial charge on any atom is 0.337 e. The molecule has 2 aromatic heterocycles. The van der Waals surface area contributed by atoms with Crippen LogP contribution < -0.4 is 16.0 Å². The molecule has 1 aromatic carbocycles. The number of amides is 1. The van der Waals surface area contributed by atoms with Crippen molar-refractivity contribution in [3.8, 4) is 0 Å². The van der Waals surface area contributed by atoms with Gasteiger partial charge < -0.3 is 20.7 Å². The number of carbonyl (C=O) groups excluding carboxylic acids is 2. The molecule has 30 heavy (non-hydrogen) atoms. The molecule has 0 spiro atoms. The molecule has 0 aliphatic rings. The maximum atomic E-state index is 12.3. The zero-order chi connectivity index (χ0) is 21.5. The number of anilines is 3. The summed E-state index contributed by atoms with van der Waals surface area (Å²) in [6.07, 6.45) is 0. The van der Waals surface area contributed by atoms with E-state index in [2.05, 4.69) is 40.9 Å². The van der Waals surface area contributed by atoms with Crippen LogP contribution in [0.3, 0.4) is 0 Å². The second-order valence-corrected chi connectivity index (χ2v) is 6.90. The number of nitrogens with zero attached hydrogens (tertiary/aromatic N) is 5. The fourth-order valence-corrected chi connectivity index (χ4v) is 3.26. The Balaban J connectivity index is 1.69. The first-order valence-corrected chi connectivity index (χ1v) is 10.3. The van der Waals surface area contributed by atoms with E-state index in [9.17, 15) is 9.59 Å². The SMILES string of the molecule is CCNc1nc(NCC)n2c(SCC(=O)Nc3ccc(C(=O)OC)cc3)nnc2n1. The fraction of sp³-hybridized carbons (Fsp3) is 0.333. The Morgan fingerprint density at radius 1 is 1.07 bits per heavy atom. The van der Waals surface area contributed by atoms with E-state index in [4.69, 9.17) is 0 Å². The molecular weight excluding hydrogens is 408 g/mol. The Morgan fingerprint density at radius 3 is 2.47 bits per heavy atom. The van der Waals surface area contributed by atoms with Crippen molar-refractivity contribution in [2.24, 2.45) is 0 Å². The van der Waals surface area contributed by atoms with E-state index in [1.54, 1.807) is 28.7 Å². The minimum absolute atomic E-state index is 0.111. The van der Waals surface area contributed by atoms with Gasteiger partial charge in [-0.2, -0.15) is 9.97 Å². The molecule has 0 aliphatic heterocycles. The average Bonchev–Trinajstić information content (AvgIpc) is 3.16. The van der Waals surface area contributed by atoms with Gasteiger partial charge in [0.1, 0.15) is 0 Å². The predicted molar refractivity (Wildman–Crippen MR) is 114 cm³/mol. The van der Waals surface area contributed by atoms with Crippen LogP contribution in [0, 0.1) is 0 Å². The summed E-state index contributed by atoms with van der Waals surface area (Å²) >= 11 is 1.22. The Bertz CT molecular complexity index is 1040. The first kappa shape index (κ1) is 21.3. The van der Waals surface area contributed by atoms with Crippen LogP contribution in [-0.2, 0) is 9.53 Å². The molecule has 1 amide bonds. The third kappa shape index (κ3) is 4.95. The minimum atomic E-state index is -0.432. The monoisotopic (exact) mass is 430 g/mol. The number of aromatic nitrogens is 5. The van der Waals surface area contributed by atoms with Gasteiger partial charge in [0.05, 0.1) is 18.4 Å². The van der Waals surface area contributed by atoms with Gasteiger partial charge in [0.25, 0.3) is 5.78 Å². The van der Waals surface area contributed by atoms with E-state index in [1.807, 2.05) is 13.8 Å². The first-order valence-electron chi connectivity index (χ1n) is 9.27. The van der Waals surface area contributed by atoms with Gasteiger partial charge in [-0.1, -0.05) is 11.8 Å². The molecule has 0 fully saturated rings. The lowest BCUT2D eigenvalue weighted by molar-refractivity contribution is -0.113. The number of hydrogen-bond donors (Lipinski definition) is 3. The van der Waals surface area contributed by atoms with Crippen molar-refractivity contribution >= 4 is 47.0 Å². The van der Waals surface area contributed by atoms with Crippen molar-refractivity contribution in [2.45, 2.75) is 19.0 Å². The molecule has 0 bridgehead atoms.